The largest absolute Gasteiger partial charge is 0.442 e. The molecule has 2 saturated heterocycles. The number of hydrogen-bond acceptors (Lipinski definition) is 10. The number of imide groups is 1. The van der Waals surface area contributed by atoms with Crippen LogP contribution in [0, 0.1) is 0 Å². The van der Waals surface area contributed by atoms with Crippen molar-refractivity contribution in [3.63, 3.8) is 0 Å². The Hall–Kier alpha value is -4.05. The molecule has 0 radical (unpaired) electrons. The van der Waals surface area contributed by atoms with Crippen molar-refractivity contribution >= 4 is 69.9 Å². The molecule has 2 aliphatic rings. The zero-order chi connectivity index (χ0) is 32.5. The highest BCUT2D eigenvalue weighted by Gasteiger charge is 2.36. The second-order valence-corrected chi connectivity index (χ2v) is 12.2. The Kier molecular flexibility index (Phi) is 13.5. The van der Waals surface area contributed by atoms with Crippen molar-refractivity contribution in [1.29, 1.82) is 0 Å². The van der Waals surface area contributed by atoms with Crippen LogP contribution in [0.3, 0.4) is 0 Å². The summed E-state index contributed by atoms with van der Waals surface area (Å²) in [6.07, 6.45) is -0.487. The highest BCUT2D eigenvalue weighted by Crippen LogP contribution is 2.27. The van der Waals surface area contributed by atoms with Gasteiger partial charge in [0.05, 0.1) is 35.0 Å². The van der Waals surface area contributed by atoms with Crippen LogP contribution in [0.25, 0.3) is 0 Å². The van der Waals surface area contributed by atoms with E-state index >= 15 is 0 Å². The van der Waals surface area contributed by atoms with Crippen molar-refractivity contribution in [2.75, 3.05) is 49.2 Å². The van der Waals surface area contributed by atoms with Gasteiger partial charge in [0.25, 0.3) is 11.8 Å². The number of nitrogens with one attached hydrogen (secondary N) is 1. The summed E-state index contributed by atoms with van der Waals surface area (Å²) in [4.78, 5) is 78.9. The molecule has 0 aliphatic carbocycles. The minimum Gasteiger partial charge on any atom is -0.442 e. The van der Waals surface area contributed by atoms with E-state index in [9.17, 15) is 28.8 Å². The summed E-state index contributed by atoms with van der Waals surface area (Å²) in [6, 6.07) is 9.09. The number of halogens is 1. The van der Waals surface area contributed by atoms with Crippen LogP contribution < -0.4 is 26.6 Å². The maximum Gasteiger partial charge on any atom is 0.414 e. The zero-order valence-corrected chi connectivity index (χ0v) is 26.0. The van der Waals surface area contributed by atoms with Gasteiger partial charge < -0.3 is 31.2 Å². The molecule has 0 bridgehead atoms. The Labute approximate surface area is 275 Å². The molecule has 0 unspecified atom stereocenters. The van der Waals surface area contributed by atoms with Gasteiger partial charge in [-0.15, -0.1) is 11.3 Å². The van der Waals surface area contributed by atoms with Crippen LogP contribution >= 0.6 is 22.9 Å². The van der Waals surface area contributed by atoms with Crippen molar-refractivity contribution in [3.05, 3.63) is 45.6 Å². The first kappa shape index (κ1) is 36.4. The number of unbranched alkanes of at least 4 members (excludes halogenated alkanes) is 1. The molecule has 14 nitrogen and oxygen atoms in total. The summed E-state index contributed by atoms with van der Waals surface area (Å²) in [6.45, 7) is 1.06. The van der Waals surface area contributed by atoms with Gasteiger partial charge in [-0.2, -0.15) is 0 Å². The van der Waals surface area contributed by atoms with Crippen LogP contribution in [0.15, 0.2) is 36.4 Å². The Morgan fingerprint density at radius 1 is 1.04 bits per heavy atom. The number of primary amides is 1. The lowest BCUT2D eigenvalue weighted by Crippen LogP contribution is -2.43. The van der Waals surface area contributed by atoms with Crippen LogP contribution in [0.4, 0.5) is 16.2 Å². The molecule has 2 atom stereocenters. The second-order valence-electron chi connectivity index (χ2n) is 10.5. The summed E-state index contributed by atoms with van der Waals surface area (Å²) in [5.41, 5.74) is 12.1. The van der Waals surface area contributed by atoms with Crippen molar-refractivity contribution in [3.8, 4) is 0 Å². The summed E-state index contributed by atoms with van der Waals surface area (Å²) >= 11 is 7.06. The molecule has 4 rings (SSSR count). The molecule has 0 saturated carbocycles. The molecular weight excluding hydrogens is 640 g/mol. The molecule has 1 aromatic carbocycles. The van der Waals surface area contributed by atoms with E-state index in [4.69, 9.17) is 32.5 Å². The van der Waals surface area contributed by atoms with E-state index in [-0.39, 0.29) is 63.7 Å². The van der Waals surface area contributed by atoms with E-state index in [0.29, 0.717) is 41.7 Å². The standard InChI is InChI=1S/C29H35ClN6O8S.CH4/c30-23-10-9-22(45-23)28(41)36(25(38)3-1-2-12-33-27(40)21(31)8-11-24(32)37)16-20-15-35(29(42)44-20)19-6-4-18(5-7-19)34-13-14-43-17-26(34)39;/h4-7,9-10,20-21H,1-3,8,11-17,31H2,(H2,32,37)(H,33,40);1H4/t20-,21+;/m1./s1. The third-order valence-corrected chi connectivity index (χ3v) is 8.42. The number of cyclic esters (lactones) is 1. The first-order valence-electron chi connectivity index (χ1n) is 14.4. The highest BCUT2D eigenvalue weighted by molar-refractivity contribution is 7.18. The molecule has 46 heavy (non-hydrogen) atoms. The molecule has 16 heteroatoms. The van der Waals surface area contributed by atoms with Crippen molar-refractivity contribution in [2.45, 2.75) is 51.7 Å². The van der Waals surface area contributed by atoms with E-state index in [0.717, 1.165) is 16.2 Å². The molecule has 2 fully saturated rings. The maximum absolute atomic E-state index is 13.4. The van der Waals surface area contributed by atoms with Gasteiger partial charge in [0.1, 0.15) is 12.7 Å². The minimum absolute atomic E-state index is 0. The summed E-state index contributed by atoms with van der Waals surface area (Å²) in [5, 5.41) is 2.66. The van der Waals surface area contributed by atoms with Gasteiger partial charge in [-0.3, -0.25) is 33.8 Å². The molecule has 5 N–H and O–H groups in total. The van der Waals surface area contributed by atoms with Crippen molar-refractivity contribution in [2.24, 2.45) is 11.5 Å². The van der Waals surface area contributed by atoms with Crippen molar-refractivity contribution < 1.29 is 38.2 Å². The summed E-state index contributed by atoms with van der Waals surface area (Å²) < 4.78 is 11.1. The third kappa shape index (κ3) is 9.72. The van der Waals surface area contributed by atoms with E-state index in [1.54, 1.807) is 35.2 Å². The maximum atomic E-state index is 13.4. The number of benzene rings is 1. The van der Waals surface area contributed by atoms with E-state index in [1.807, 2.05) is 0 Å². The number of morpholine rings is 1. The Balaban J connectivity index is 0.00000576. The van der Waals surface area contributed by atoms with E-state index < -0.39 is 41.9 Å². The number of nitrogens with zero attached hydrogens (tertiary/aromatic N) is 3. The molecule has 6 amide bonds. The topological polar surface area (TPSA) is 195 Å². The lowest BCUT2D eigenvalue weighted by atomic mass is 10.1. The lowest BCUT2D eigenvalue weighted by Gasteiger charge is -2.27. The van der Waals surface area contributed by atoms with Gasteiger partial charge in [0.15, 0.2) is 0 Å². The van der Waals surface area contributed by atoms with E-state index in [2.05, 4.69) is 5.32 Å². The smallest absolute Gasteiger partial charge is 0.414 e. The zero-order valence-electron chi connectivity index (χ0n) is 24.4. The number of anilines is 2. The third-order valence-electron chi connectivity index (χ3n) is 7.20. The number of carbonyl (C=O) groups excluding carboxylic acids is 6. The van der Waals surface area contributed by atoms with Gasteiger partial charge in [-0.05, 0) is 55.7 Å². The number of ether oxygens (including phenoxy) is 2. The first-order chi connectivity index (χ1) is 21.5. The Morgan fingerprint density at radius 3 is 2.37 bits per heavy atom. The number of rotatable bonds is 14. The van der Waals surface area contributed by atoms with Gasteiger partial charge in [0.2, 0.25) is 17.7 Å². The monoisotopic (exact) mass is 678 g/mol. The molecular formula is C30H39ClN6O8S. The van der Waals surface area contributed by atoms with Crippen LogP contribution in [-0.4, -0.2) is 92.1 Å². The number of amides is 6. The lowest BCUT2D eigenvalue weighted by molar-refractivity contribution is -0.129. The van der Waals surface area contributed by atoms with Gasteiger partial charge in [-0.25, -0.2) is 4.79 Å². The van der Waals surface area contributed by atoms with Gasteiger partial charge in [-0.1, -0.05) is 19.0 Å². The second kappa shape index (κ2) is 17.0. The fraction of sp³-hybridized carbons (Fsp3) is 0.467. The molecule has 1 aromatic heterocycles. The van der Waals surface area contributed by atoms with Gasteiger partial charge >= 0.3 is 6.09 Å². The van der Waals surface area contributed by atoms with Crippen LogP contribution in [-0.2, 0) is 28.7 Å². The van der Waals surface area contributed by atoms with Crippen molar-refractivity contribution in [1.82, 2.24) is 10.2 Å². The highest BCUT2D eigenvalue weighted by atomic mass is 35.5. The quantitative estimate of drug-likeness (QED) is 0.251. The predicted molar refractivity (Wildman–Crippen MR) is 173 cm³/mol. The fourth-order valence-electron chi connectivity index (χ4n) is 4.80. The summed E-state index contributed by atoms with van der Waals surface area (Å²) in [5.74, 6) is -2.15. The number of hydrogen-bond donors (Lipinski definition) is 3. The fourth-order valence-corrected chi connectivity index (χ4v) is 5.79. The van der Waals surface area contributed by atoms with Gasteiger partial charge in [0, 0.05) is 37.3 Å². The number of thiophene rings is 1. The average molecular weight is 679 g/mol. The predicted octanol–water partition coefficient (Wildman–Crippen LogP) is 2.27. The summed E-state index contributed by atoms with van der Waals surface area (Å²) in [7, 11) is 0. The molecule has 2 aromatic rings. The molecule has 0 spiro atoms. The SMILES string of the molecule is C.NC(=O)CC[C@H](N)C(=O)NCCCCC(=O)N(C[C@H]1CN(c2ccc(N3CCOCC3=O)cc2)C(=O)O1)C(=O)c1ccc(Cl)s1. The average Bonchev–Trinajstić information content (AvgIpc) is 3.63. The molecule has 3 heterocycles. The molecule has 2 aliphatic heterocycles. The minimum atomic E-state index is -0.870. The van der Waals surface area contributed by atoms with Crippen LogP contribution in [0.2, 0.25) is 4.34 Å². The number of carbonyl (C=O) groups is 6. The Bertz CT molecular complexity index is 1420. The first-order valence-corrected chi connectivity index (χ1v) is 15.6. The van der Waals surface area contributed by atoms with Crippen LogP contribution in [0.5, 0.6) is 0 Å². The van der Waals surface area contributed by atoms with Crippen LogP contribution in [0.1, 0.15) is 49.2 Å². The Morgan fingerprint density at radius 2 is 1.74 bits per heavy atom. The number of nitrogens with two attached hydrogens (primary N) is 2. The normalized spacial score (nSPS) is 16.8. The molecule has 250 valence electrons. The van der Waals surface area contributed by atoms with E-state index in [1.165, 1.54) is 11.0 Å².